The summed E-state index contributed by atoms with van der Waals surface area (Å²) in [5, 5.41) is 2.79. The zero-order valence-corrected chi connectivity index (χ0v) is 12.2. The molecule has 2 aromatic rings. The normalized spacial score (nSPS) is 16.7. The fourth-order valence-electron chi connectivity index (χ4n) is 2.14. The molecule has 22 heavy (non-hydrogen) atoms. The topological polar surface area (TPSA) is 60.7 Å². The van der Waals surface area contributed by atoms with Gasteiger partial charge in [-0.15, -0.1) is 0 Å². The second kappa shape index (κ2) is 6.39. The van der Waals surface area contributed by atoms with Gasteiger partial charge in [-0.05, 0) is 37.3 Å². The molecule has 0 radical (unpaired) electrons. The molecular weight excluding hydrogens is 282 g/mol. The van der Waals surface area contributed by atoms with Crippen molar-refractivity contribution < 1.29 is 18.7 Å². The Bertz CT molecular complexity index is 689. The largest absolute Gasteiger partial charge is 0.486 e. The average Bonchev–Trinajstić information content (AvgIpc) is 2.96. The number of nitrogens with one attached hydrogen (secondary N) is 1. The Balaban J connectivity index is 1.49. The number of fused-ring (bicyclic) bond motifs is 1. The number of hydrogen-bond donors (Lipinski definition) is 1. The number of para-hydroxylation sites is 2. The second-order valence-corrected chi connectivity index (χ2v) is 5.02. The van der Waals surface area contributed by atoms with Gasteiger partial charge in [-0.3, -0.25) is 4.79 Å². The highest BCUT2D eigenvalue weighted by Gasteiger charge is 2.20. The third-order valence-corrected chi connectivity index (χ3v) is 3.23. The molecule has 1 aliphatic rings. The van der Waals surface area contributed by atoms with E-state index in [9.17, 15) is 4.79 Å². The van der Waals surface area contributed by atoms with Crippen molar-refractivity contribution in [2.45, 2.75) is 13.0 Å². The van der Waals surface area contributed by atoms with Crippen LogP contribution in [0.25, 0.3) is 6.08 Å². The van der Waals surface area contributed by atoms with Gasteiger partial charge < -0.3 is 19.2 Å². The van der Waals surface area contributed by atoms with E-state index >= 15 is 0 Å². The minimum absolute atomic E-state index is 0.196. The fourth-order valence-corrected chi connectivity index (χ4v) is 2.14. The molecule has 114 valence electrons. The Kier molecular flexibility index (Phi) is 4.14. The lowest BCUT2D eigenvalue weighted by Crippen LogP contribution is -2.40. The highest BCUT2D eigenvalue weighted by atomic mass is 16.6. The van der Waals surface area contributed by atoms with Crippen molar-refractivity contribution in [2.24, 2.45) is 0 Å². The molecule has 1 aromatic carbocycles. The number of amides is 1. The van der Waals surface area contributed by atoms with E-state index < -0.39 is 0 Å². The van der Waals surface area contributed by atoms with E-state index in [0.29, 0.717) is 24.7 Å². The van der Waals surface area contributed by atoms with Crippen LogP contribution in [0.15, 0.2) is 46.9 Å². The summed E-state index contributed by atoms with van der Waals surface area (Å²) in [7, 11) is 0. The first-order chi connectivity index (χ1) is 10.7. The molecule has 1 aliphatic heterocycles. The maximum atomic E-state index is 11.8. The summed E-state index contributed by atoms with van der Waals surface area (Å²) in [5.41, 5.74) is 0. The molecule has 0 unspecified atom stereocenters. The van der Waals surface area contributed by atoms with E-state index in [4.69, 9.17) is 13.9 Å². The number of furan rings is 1. The van der Waals surface area contributed by atoms with Crippen molar-refractivity contribution in [1.82, 2.24) is 5.32 Å². The molecule has 1 atom stereocenters. The highest BCUT2D eigenvalue weighted by Crippen LogP contribution is 2.30. The first-order valence-corrected chi connectivity index (χ1v) is 7.11. The van der Waals surface area contributed by atoms with Crippen LogP contribution in [0, 0.1) is 6.92 Å². The quantitative estimate of drug-likeness (QED) is 0.881. The van der Waals surface area contributed by atoms with E-state index in [1.807, 2.05) is 43.3 Å². The van der Waals surface area contributed by atoms with Crippen LogP contribution >= 0.6 is 0 Å². The van der Waals surface area contributed by atoms with Gasteiger partial charge in [0.25, 0.3) is 0 Å². The van der Waals surface area contributed by atoms with Gasteiger partial charge in [-0.2, -0.15) is 0 Å². The van der Waals surface area contributed by atoms with Gasteiger partial charge in [-0.1, -0.05) is 12.1 Å². The van der Waals surface area contributed by atoms with E-state index in [2.05, 4.69) is 5.32 Å². The number of ether oxygens (including phenoxy) is 2. The smallest absolute Gasteiger partial charge is 0.244 e. The van der Waals surface area contributed by atoms with Crippen LogP contribution in [-0.2, 0) is 4.79 Å². The van der Waals surface area contributed by atoms with E-state index in [-0.39, 0.29) is 12.0 Å². The number of carbonyl (C=O) groups excluding carboxylic acids is 1. The predicted molar refractivity (Wildman–Crippen MR) is 81.8 cm³/mol. The Morgan fingerprint density at radius 2 is 2.09 bits per heavy atom. The molecule has 0 bridgehead atoms. The first kappa shape index (κ1) is 14.3. The maximum absolute atomic E-state index is 11.8. The molecule has 1 amide bonds. The number of benzene rings is 1. The Labute approximate surface area is 128 Å². The predicted octanol–water partition coefficient (Wildman–Crippen LogP) is 2.56. The summed E-state index contributed by atoms with van der Waals surface area (Å²) in [6.07, 6.45) is 2.88. The summed E-state index contributed by atoms with van der Waals surface area (Å²) < 4.78 is 16.7. The molecule has 0 aliphatic carbocycles. The lowest BCUT2D eigenvalue weighted by molar-refractivity contribution is -0.116. The maximum Gasteiger partial charge on any atom is 0.244 e. The first-order valence-electron chi connectivity index (χ1n) is 7.11. The highest BCUT2D eigenvalue weighted by molar-refractivity contribution is 5.91. The van der Waals surface area contributed by atoms with Crippen LogP contribution < -0.4 is 14.8 Å². The van der Waals surface area contributed by atoms with E-state index in [0.717, 1.165) is 11.5 Å². The van der Waals surface area contributed by atoms with Gasteiger partial charge >= 0.3 is 0 Å². The Morgan fingerprint density at radius 3 is 2.86 bits per heavy atom. The van der Waals surface area contributed by atoms with Gasteiger partial charge in [0.05, 0.1) is 6.54 Å². The number of aryl methyl sites for hydroxylation is 1. The number of hydrogen-bond acceptors (Lipinski definition) is 4. The summed E-state index contributed by atoms with van der Waals surface area (Å²) in [4.78, 5) is 11.8. The molecule has 0 spiro atoms. The average molecular weight is 299 g/mol. The van der Waals surface area contributed by atoms with Crippen molar-refractivity contribution in [3.05, 3.63) is 54.0 Å². The summed E-state index contributed by atoms with van der Waals surface area (Å²) in [6.45, 7) is 2.66. The number of rotatable bonds is 4. The van der Waals surface area contributed by atoms with Crippen molar-refractivity contribution in [3.63, 3.8) is 0 Å². The van der Waals surface area contributed by atoms with Crippen LogP contribution in [0.5, 0.6) is 11.5 Å². The molecule has 0 saturated heterocycles. The van der Waals surface area contributed by atoms with Crippen LogP contribution in [0.4, 0.5) is 0 Å². The lowest BCUT2D eigenvalue weighted by Gasteiger charge is -2.26. The SMILES string of the molecule is Cc1ccc(/C=C/C(=O)NC[C@H]2COc3ccccc3O2)o1. The molecule has 1 aromatic heterocycles. The van der Waals surface area contributed by atoms with Crippen LogP contribution in [0.2, 0.25) is 0 Å². The molecule has 5 heteroatoms. The molecule has 1 N–H and O–H groups in total. The third-order valence-electron chi connectivity index (χ3n) is 3.23. The Hall–Kier alpha value is -2.69. The van der Waals surface area contributed by atoms with Crippen LogP contribution in [0.1, 0.15) is 11.5 Å². The van der Waals surface area contributed by atoms with Crippen LogP contribution in [0.3, 0.4) is 0 Å². The molecule has 5 nitrogen and oxygen atoms in total. The molecular formula is C17H17NO4. The second-order valence-electron chi connectivity index (χ2n) is 5.02. The molecule has 0 saturated carbocycles. The summed E-state index contributed by atoms with van der Waals surface area (Å²) in [6, 6.07) is 11.2. The summed E-state index contributed by atoms with van der Waals surface area (Å²) in [5.74, 6) is 2.70. The molecule has 2 heterocycles. The van der Waals surface area contributed by atoms with Gasteiger partial charge in [0.2, 0.25) is 5.91 Å². The zero-order valence-electron chi connectivity index (χ0n) is 12.2. The fraction of sp³-hybridized carbons (Fsp3) is 0.235. The van der Waals surface area contributed by atoms with Crippen molar-refractivity contribution >= 4 is 12.0 Å². The van der Waals surface area contributed by atoms with Crippen molar-refractivity contribution in [1.29, 1.82) is 0 Å². The number of carbonyl (C=O) groups is 1. The molecule has 3 rings (SSSR count). The Morgan fingerprint density at radius 1 is 1.27 bits per heavy atom. The van der Waals surface area contributed by atoms with Gasteiger partial charge in [0.1, 0.15) is 24.2 Å². The molecule has 0 fully saturated rings. The van der Waals surface area contributed by atoms with Crippen molar-refractivity contribution in [2.75, 3.05) is 13.2 Å². The minimum atomic E-state index is -0.198. The van der Waals surface area contributed by atoms with Gasteiger partial charge in [-0.25, -0.2) is 0 Å². The zero-order chi connectivity index (χ0) is 15.4. The van der Waals surface area contributed by atoms with Gasteiger partial charge in [0.15, 0.2) is 11.5 Å². The van der Waals surface area contributed by atoms with E-state index in [1.54, 1.807) is 6.08 Å². The summed E-state index contributed by atoms with van der Waals surface area (Å²) >= 11 is 0. The van der Waals surface area contributed by atoms with Gasteiger partial charge in [0, 0.05) is 6.08 Å². The lowest BCUT2D eigenvalue weighted by atomic mass is 10.2. The van der Waals surface area contributed by atoms with Crippen LogP contribution in [-0.4, -0.2) is 25.2 Å². The minimum Gasteiger partial charge on any atom is -0.486 e. The third kappa shape index (κ3) is 3.49. The van der Waals surface area contributed by atoms with E-state index in [1.165, 1.54) is 6.08 Å². The van der Waals surface area contributed by atoms with Crippen molar-refractivity contribution in [3.8, 4) is 11.5 Å². The monoisotopic (exact) mass is 299 g/mol. The standard InChI is InChI=1S/C17H17NO4/c1-12-6-7-13(21-12)8-9-17(19)18-10-14-11-20-15-4-2-3-5-16(15)22-14/h2-9,14H,10-11H2,1H3,(H,18,19)/b9-8+/t14-/m0/s1.